The van der Waals surface area contributed by atoms with Gasteiger partial charge in [-0.2, -0.15) is 0 Å². The number of methoxy groups -OCH3 is 2. The van der Waals surface area contributed by atoms with E-state index in [1.165, 1.54) is 14.2 Å². The second-order valence-corrected chi connectivity index (χ2v) is 8.13. The van der Waals surface area contributed by atoms with Crippen molar-refractivity contribution in [3.63, 3.8) is 0 Å². The Balaban J connectivity index is 1.89. The summed E-state index contributed by atoms with van der Waals surface area (Å²) in [7, 11) is 3.04. The number of benzene rings is 2. The van der Waals surface area contributed by atoms with E-state index < -0.39 is 17.7 Å². The average Bonchev–Trinajstić information content (AvgIpc) is 3.39. The van der Waals surface area contributed by atoms with Crippen molar-refractivity contribution in [2.45, 2.75) is 44.7 Å². The van der Waals surface area contributed by atoms with E-state index >= 15 is 0 Å². The maximum Gasteiger partial charge on any atom is 0.295 e. The summed E-state index contributed by atoms with van der Waals surface area (Å²) in [6, 6.07) is 12.1. The van der Waals surface area contributed by atoms with Crippen LogP contribution in [0.2, 0.25) is 0 Å². The van der Waals surface area contributed by atoms with Crippen molar-refractivity contribution in [1.82, 2.24) is 4.90 Å². The minimum Gasteiger partial charge on any atom is -0.507 e. The maximum absolute atomic E-state index is 13.2. The standard InChI is InChI=1S/C25H27NO5/c1-15-7-6-8-16(13-15)22-21(24(28)25(29)26(22)18-9-4-5-10-18)23(27)17-11-12-19(30-2)20(14-17)31-3/h6-8,11-14,18,22,27H,4-5,9-10H2,1-3H3/b23-21-. The van der Waals surface area contributed by atoms with E-state index in [2.05, 4.69) is 0 Å². The number of Topliss-reactive ketones (excluding diaryl/α,β-unsaturated/α-hetero) is 1. The van der Waals surface area contributed by atoms with Crippen molar-refractivity contribution >= 4 is 17.4 Å². The molecule has 1 heterocycles. The molecule has 0 bridgehead atoms. The van der Waals surface area contributed by atoms with Gasteiger partial charge >= 0.3 is 0 Å². The average molecular weight is 421 g/mol. The second-order valence-electron chi connectivity index (χ2n) is 8.13. The molecule has 6 nitrogen and oxygen atoms in total. The molecule has 1 saturated heterocycles. The molecule has 2 aliphatic rings. The largest absolute Gasteiger partial charge is 0.507 e. The quantitative estimate of drug-likeness (QED) is 0.441. The fourth-order valence-corrected chi connectivity index (χ4v) is 4.72. The Morgan fingerprint density at radius 2 is 1.71 bits per heavy atom. The lowest BCUT2D eigenvalue weighted by atomic mass is 9.93. The minimum absolute atomic E-state index is 0.00216. The highest BCUT2D eigenvalue weighted by molar-refractivity contribution is 6.46. The molecule has 2 fully saturated rings. The molecule has 0 spiro atoms. The molecule has 2 aromatic carbocycles. The van der Waals surface area contributed by atoms with E-state index in [0.717, 1.165) is 36.8 Å². The summed E-state index contributed by atoms with van der Waals surface area (Å²) >= 11 is 0. The third kappa shape index (κ3) is 3.67. The highest BCUT2D eigenvalue weighted by Crippen LogP contribution is 2.44. The van der Waals surface area contributed by atoms with E-state index in [-0.39, 0.29) is 17.4 Å². The number of aryl methyl sites for hydroxylation is 1. The van der Waals surface area contributed by atoms with Gasteiger partial charge in [-0.05, 0) is 43.5 Å². The molecule has 1 unspecified atom stereocenters. The van der Waals surface area contributed by atoms with Crippen LogP contribution in [-0.4, -0.2) is 42.0 Å². The van der Waals surface area contributed by atoms with Gasteiger partial charge in [-0.25, -0.2) is 0 Å². The van der Waals surface area contributed by atoms with Crippen LogP contribution in [0, 0.1) is 6.92 Å². The number of ketones is 1. The van der Waals surface area contributed by atoms with Crippen molar-refractivity contribution in [3.05, 3.63) is 64.7 Å². The molecular formula is C25H27NO5. The molecule has 1 atom stereocenters. The first-order valence-corrected chi connectivity index (χ1v) is 10.5. The van der Waals surface area contributed by atoms with Gasteiger partial charge in [0.05, 0.1) is 25.8 Å². The van der Waals surface area contributed by atoms with Crippen LogP contribution in [0.5, 0.6) is 11.5 Å². The number of carbonyl (C=O) groups excluding carboxylic acids is 2. The number of rotatable bonds is 5. The molecule has 1 amide bonds. The number of ether oxygens (including phenoxy) is 2. The predicted molar refractivity (Wildman–Crippen MR) is 117 cm³/mol. The van der Waals surface area contributed by atoms with Crippen LogP contribution >= 0.6 is 0 Å². The summed E-state index contributed by atoms with van der Waals surface area (Å²) in [6.07, 6.45) is 3.80. The number of likely N-dealkylation sites (tertiary alicyclic amines) is 1. The zero-order valence-corrected chi connectivity index (χ0v) is 18.1. The van der Waals surface area contributed by atoms with Crippen LogP contribution in [-0.2, 0) is 9.59 Å². The molecule has 1 aliphatic heterocycles. The zero-order valence-electron chi connectivity index (χ0n) is 18.1. The van der Waals surface area contributed by atoms with Gasteiger partial charge in [0, 0.05) is 11.6 Å². The number of hydrogen-bond acceptors (Lipinski definition) is 5. The molecule has 31 heavy (non-hydrogen) atoms. The number of carbonyl (C=O) groups is 2. The summed E-state index contributed by atoms with van der Waals surface area (Å²) in [6.45, 7) is 1.97. The van der Waals surface area contributed by atoms with Crippen molar-refractivity contribution < 1.29 is 24.2 Å². The predicted octanol–water partition coefficient (Wildman–Crippen LogP) is 4.38. The van der Waals surface area contributed by atoms with Gasteiger partial charge in [0.25, 0.3) is 11.7 Å². The normalized spacial score (nSPS) is 21.0. The Bertz CT molecular complexity index is 1050. The van der Waals surface area contributed by atoms with Crippen LogP contribution in [0.25, 0.3) is 5.76 Å². The summed E-state index contributed by atoms with van der Waals surface area (Å²) in [4.78, 5) is 28.0. The molecule has 1 saturated carbocycles. The van der Waals surface area contributed by atoms with Crippen molar-refractivity contribution in [2.24, 2.45) is 0 Å². The number of hydrogen-bond donors (Lipinski definition) is 1. The van der Waals surface area contributed by atoms with Crippen molar-refractivity contribution in [3.8, 4) is 11.5 Å². The number of nitrogens with zero attached hydrogens (tertiary/aromatic N) is 1. The molecule has 1 aliphatic carbocycles. The van der Waals surface area contributed by atoms with Crippen LogP contribution in [0.1, 0.15) is 48.4 Å². The van der Waals surface area contributed by atoms with Gasteiger partial charge in [-0.1, -0.05) is 42.7 Å². The Kier molecular flexibility index (Phi) is 5.72. The Morgan fingerprint density at radius 3 is 2.35 bits per heavy atom. The molecule has 0 aromatic heterocycles. The van der Waals surface area contributed by atoms with E-state index in [1.54, 1.807) is 23.1 Å². The molecular weight excluding hydrogens is 394 g/mol. The van der Waals surface area contributed by atoms with Crippen LogP contribution in [0.4, 0.5) is 0 Å². The van der Waals surface area contributed by atoms with E-state index in [9.17, 15) is 14.7 Å². The zero-order chi connectivity index (χ0) is 22.1. The topological polar surface area (TPSA) is 76.1 Å². The lowest BCUT2D eigenvalue weighted by molar-refractivity contribution is -0.141. The molecule has 1 N–H and O–H groups in total. The number of amides is 1. The summed E-state index contributed by atoms with van der Waals surface area (Å²) in [5.74, 6) is -0.443. The smallest absolute Gasteiger partial charge is 0.295 e. The van der Waals surface area contributed by atoms with Crippen molar-refractivity contribution in [1.29, 1.82) is 0 Å². The van der Waals surface area contributed by atoms with Crippen molar-refractivity contribution in [2.75, 3.05) is 14.2 Å². The van der Waals surface area contributed by atoms with Crippen LogP contribution < -0.4 is 9.47 Å². The van der Waals surface area contributed by atoms with Gasteiger partial charge in [0.1, 0.15) is 5.76 Å². The first kappa shape index (κ1) is 21.0. The lowest BCUT2D eigenvalue weighted by Gasteiger charge is -2.31. The molecule has 4 rings (SSSR count). The fourth-order valence-electron chi connectivity index (χ4n) is 4.72. The Hall–Kier alpha value is -3.28. The van der Waals surface area contributed by atoms with Gasteiger partial charge in [-0.3, -0.25) is 9.59 Å². The van der Waals surface area contributed by atoms with Gasteiger partial charge in [0.2, 0.25) is 0 Å². The van der Waals surface area contributed by atoms with Crippen LogP contribution in [0.3, 0.4) is 0 Å². The summed E-state index contributed by atoms with van der Waals surface area (Å²) < 4.78 is 10.6. The number of aliphatic hydroxyl groups is 1. The Labute approximate surface area is 182 Å². The summed E-state index contributed by atoms with van der Waals surface area (Å²) in [5, 5.41) is 11.2. The van der Waals surface area contributed by atoms with Gasteiger partial charge in [-0.15, -0.1) is 0 Å². The second kappa shape index (κ2) is 8.46. The molecule has 2 aromatic rings. The molecule has 162 valence electrons. The monoisotopic (exact) mass is 421 g/mol. The van der Waals surface area contributed by atoms with Crippen LogP contribution in [0.15, 0.2) is 48.0 Å². The third-order valence-corrected chi connectivity index (χ3v) is 6.21. The lowest BCUT2D eigenvalue weighted by Crippen LogP contribution is -2.37. The Morgan fingerprint density at radius 1 is 1.00 bits per heavy atom. The highest BCUT2D eigenvalue weighted by atomic mass is 16.5. The van der Waals surface area contributed by atoms with Gasteiger partial charge < -0.3 is 19.5 Å². The van der Waals surface area contributed by atoms with E-state index in [4.69, 9.17) is 9.47 Å². The van der Waals surface area contributed by atoms with E-state index in [0.29, 0.717) is 17.1 Å². The molecule has 6 heteroatoms. The van der Waals surface area contributed by atoms with E-state index in [1.807, 2.05) is 31.2 Å². The number of aliphatic hydroxyl groups excluding tert-OH is 1. The SMILES string of the molecule is COc1ccc(/C(O)=C2/C(=O)C(=O)N(C3CCCC3)C2c2cccc(C)c2)cc1OC. The molecule has 0 radical (unpaired) electrons. The minimum atomic E-state index is -0.648. The first-order valence-electron chi connectivity index (χ1n) is 10.5. The van der Waals surface area contributed by atoms with Gasteiger partial charge in [0.15, 0.2) is 11.5 Å². The first-order chi connectivity index (χ1) is 15.0. The maximum atomic E-state index is 13.2. The highest BCUT2D eigenvalue weighted by Gasteiger charge is 2.49. The third-order valence-electron chi connectivity index (χ3n) is 6.21. The summed E-state index contributed by atoms with van der Waals surface area (Å²) in [5.41, 5.74) is 2.38. The fraction of sp³-hybridized carbons (Fsp3) is 0.360.